The lowest BCUT2D eigenvalue weighted by molar-refractivity contribution is 0.0958. The van der Waals surface area contributed by atoms with Crippen molar-refractivity contribution in [3.8, 4) is 0 Å². The molecule has 5 nitrogen and oxygen atoms in total. The van der Waals surface area contributed by atoms with Crippen LogP contribution in [0.1, 0.15) is 10.4 Å². The lowest BCUT2D eigenvalue weighted by Gasteiger charge is -2.10. The van der Waals surface area contributed by atoms with Gasteiger partial charge in [0.05, 0.1) is 15.6 Å². The first-order chi connectivity index (χ1) is 10.9. The number of anilines is 1. The Morgan fingerprint density at radius 1 is 1.17 bits per heavy atom. The standard InChI is InChI=1S/C16H15ClN2O3S/c1-2-10-18-16(20)12-6-5-7-13(11-12)23(21,22)19-15-9-4-3-8-14(15)17/h2-9,11,19H,1,10H2,(H,18,20). The highest BCUT2D eigenvalue weighted by molar-refractivity contribution is 7.92. The Morgan fingerprint density at radius 3 is 2.61 bits per heavy atom. The Balaban J connectivity index is 2.28. The van der Waals surface area contributed by atoms with E-state index < -0.39 is 10.0 Å². The number of carbonyl (C=O) groups excluding carboxylic acids is 1. The van der Waals surface area contributed by atoms with E-state index in [1.807, 2.05) is 0 Å². The Morgan fingerprint density at radius 2 is 1.91 bits per heavy atom. The van der Waals surface area contributed by atoms with E-state index in [9.17, 15) is 13.2 Å². The van der Waals surface area contributed by atoms with Crippen molar-refractivity contribution >= 4 is 33.2 Å². The summed E-state index contributed by atoms with van der Waals surface area (Å²) in [4.78, 5) is 11.9. The van der Waals surface area contributed by atoms with Crippen molar-refractivity contribution in [3.05, 3.63) is 71.8 Å². The highest BCUT2D eigenvalue weighted by Gasteiger charge is 2.17. The monoisotopic (exact) mass is 350 g/mol. The second-order valence-electron chi connectivity index (χ2n) is 4.61. The fourth-order valence-corrected chi connectivity index (χ4v) is 3.18. The van der Waals surface area contributed by atoms with Gasteiger partial charge >= 0.3 is 0 Å². The number of benzene rings is 2. The third-order valence-electron chi connectivity index (χ3n) is 2.93. The van der Waals surface area contributed by atoms with E-state index in [0.717, 1.165) is 0 Å². The molecule has 2 aromatic rings. The van der Waals surface area contributed by atoms with E-state index in [1.54, 1.807) is 24.3 Å². The first-order valence-corrected chi connectivity index (χ1v) is 8.56. The Hall–Kier alpha value is -2.31. The summed E-state index contributed by atoms with van der Waals surface area (Å²) in [5.41, 5.74) is 0.518. The molecule has 0 saturated heterocycles. The zero-order valence-electron chi connectivity index (χ0n) is 12.1. The third-order valence-corrected chi connectivity index (χ3v) is 4.62. The Labute approximate surface area is 140 Å². The quantitative estimate of drug-likeness (QED) is 0.786. The van der Waals surface area contributed by atoms with Crippen molar-refractivity contribution in [2.45, 2.75) is 4.90 Å². The SMILES string of the molecule is C=CCNC(=O)c1cccc(S(=O)(=O)Nc2ccccc2Cl)c1. The Kier molecular flexibility index (Phi) is 5.41. The molecule has 0 aromatic heterocycles. The van der Waals surface area contributed by atoms with Crippen molar-refractivity contribution in [3.63, 3.8) is 0 Å². The summed E-state index contributed by atoms with van der Waals surface area (Å²) in [6.07, 6.45) is 1.54. The fourth-order valence-electron chi connectivity index (χ4n) is 1.82. The minimum Gasteiger partial charge on any atom is -0.349 e. The van der Waals surface area contributed by atoms with Gasteiger partial charge in [-0.3, -0.25) is 9.52 Å². The molecule has 0 radical (unpaired) electrons. The molecule has 0 atom stereocenters. The van der Waals surface area contributed by atoms with Crippen molar-refractivity contribution in [2.24, 2.45) is 0 Å². The number of rotatable bonds is 6. The van der Waals surface area contributed by atoms with Crippen LogP contribution in [0, 0.1) is 0 Å². The molecule has 0 aliphatic heterocycles. The molecule has 120 valence electrons. The van der Waals surface area contributed by atoms with Crippen LogP contribution in [-0.4, -0.2) is 20.9 Å². The highest BCUT2D eigenvalue weighted by Crippen LogP contribution is 2.24. The average molecular weight is 351 g/mol. The van der Waals surface area contributed by atoms with Crippen LogP contribution in [0.2, 0.25) is 5.02 Å². The summed E-state index contributed by atoms with van der Waals surface area (Å²) in [6, 6.07) is 12.3. The minimum absolute atomic E-state index is 0.0244. The molecule has 0 heterocycles. The van der Waals surface area contributed by atoms with Crippen LogP contribution in [0.4, 0.5) is 5.69 Å². The number of carbonyl (C=O) groups is 1. The van der Waals surface area contributed by atoms with E-state index in [4.69, 9.17) is 11.6 Å². The van der Waals surface area contributed by atoms with Gasteiger partial charge in [0.25, 0.3) is 15.9 Å². The van der Waals surface area contributed by atoms with Gasteiger partial charge in [0.15, 0.2) is 0 Å². The summed E-state index contributed by atoms with van der Waals surface area (Å²) >= 11 is 5.96. The van der Waals surface area contributed by atoms with E-state index in [-0.39, 0.29) is 27.1 Å². The van der Waals surface area contributed by atoms with Crippen molar-refractivity contribution in [2.75, 3.05) is 11.3 Å². The smallest absolute Gasteiger partial charge is 0.261 e. The van der Waals surface area contributed by atoms with Crippen LogP contribution in [-0.2, 0) is 10.0 Å². The van der Waals surface area contributed by atoms with Crippen LogP contribution < -0.4 is 10.0 Å². The zero-order valence-corrected chi connectivity index (χ0v) is 13.7. The lowest BCUT2D eigenvalue weighted by atomic mass is 10.2. The maximum Gasteiger partial charge on any atom is 0.261 e. The average Bonchev–Trinajstić information content (AvgIpc) is 2.54. The largest absolute Gasteiger partial charge is 0.349 e. The molecule has 23 heavy (non-hydrogen) atoms. The normalized spacial score (nSPS) is 10.8. The molecule has 0 bridgehead atoms. The van der Waals surface area contributed by atoms with Gasteiger partial charge in [-0.05, 0) is 30.3 Å². The number of halogens is 1. The van der Waals surface area contributed by atoms with E-state index in [0.29, 0.717) is 6.54 Å². The molecular formula is C16H15ClN2O3S. The molecule has 7 heteroatoms. The maximum absolute atomic E-state index is 12.4. The molecule has 0 fully saturated rings. The van der Waals surface area contributed by atoms with Gasteiger partial charge in [0, 0.05) is 12.1 Å². The number of sulfonamides is 1. The maximum atomic E-state index is 12.4. The van der Waals surface area contributed by atoms with Crippen LogP contribution in [0.15, 0.2) is 66.1 Å². The van der Waals surface area contributed by atoms with E-state index in [1.165, 1.54) is 30.3 Å². The number of amides is 1. The topological polar surface area (TPSA) is 75.3 Å². The molecule has 0 aliphatic rings. The van der Waals surface area contributed by atoms with Crippen LogP contribution in [0.3, 0.4) is 0 Å². The van der Waals surface area contributed by atoms with Crippen LogP contribution in [0.25, 0.3) is 0 Å². The summed E-state index contributed by atoms with van der Waals surface area (Å²) in [5.74, 6) is -0.375. The number of hydrogen-bond donors (Lipinski definition) is 2. The predicted octanol–water partition coefficient (Wildman–Crippen LogP) is 3.06. The molecule has 2 rings (SSSR count). The van der Waals surface area contributed by atoms with E-state index >= 15 is 0 Å². The molecule has 1 amide bonds. The second-order valence-corrected chi connectivity index (χ2v) is 6.70. The first-order valence-electron chi connectivity index (χ1n) is 6.70. The van der Waals surface area contributed by atoms with Gasteiger partial charge in [-0.1, -0.05) is 35.9 Å². The molecular weight excluding hydrogens is 336 g/mol. The van der Waals surface area contributed by atoms with Gasteiger partial charge in [0.2, 0.25) is 0 Å². The fraction of sp³-hybridized carbons (Fsp3) is 0.0625. The van der Waals surface area contributed by atoms with Crippen molar-refractivity contribution in [1.82, 2.24) is 5.32 Å². The van der Waals surface area contributed by atoms with Gasteiger partial charge in [0.1, 0.15) is 0 Å². The third kappa shape index (κ3) is 4.34. The second kappa shape index (κ2) is 7.30. The summed E-state index contributed by atoms with van der Waals surface area (Å²) in [5, 5.41) is 2.88. The number of para-hydroxylation sites is 1. The number of hydrogen-bond acceptors (Lipinski definition) is 3. The molecule has 0 spiro atoms. The number of nitrogens with one attached hydrogen (secondary N) is 2. The predicted molar refractivity (Wildman–Crippen MR) is 91.2 cm³/mol. The summed E-state index contributed by atoms with van der Waals surface area (Å²) < 4.78 is 27.3. The van der Waals surface area contributed by atoms with Gasteiger partial charge in [-0.15, -0.1) is 6.58 Å². The summed E-state index contributed by atoms with van der Waals surface area (Å²) in [7, 11) is -3.85. The molecule has 0 unspecified atom stereocenters. The molecule has 0 saturated carbocycles. The van der Waals surface area contributed by atoms with Crippen molar-refractivity contribution in [1.29, 1.82) is 0 Å². The summed E-state index contributed by atoms with van der Waals surface area (Å²) in [6.45, 7) is 3.80. The first kappa shape index (κ1) is 17.1. The van der Waals surface area contributed by atoms with Gasteiger partial charge < -0.3 is 5.32 Å². The zero-order chi connectivity index (χ0) is 16.9. The minimum atomic E-state index is -3.85. The van der Waals surface area contributed by atoms with Crippen LogP contribution in [0.5, 0.6) is 0 Å². The Bertz CT molecular complexity index is 835. The van der Waals surface area contributed by atoms with E-state index in [2.05, 4.69) is 16.6 Å². The molecule has 2 N–H and O–H groups in total. The van der Waals surface area contributed by atoms with Crippen molar-refractivity contribution < 1.29 is 13.2 Å². The molecule has 0 aliphatic carbocycles. The lowest BCUT2D eigenvalue weighted by Crippen LogP contribution is -2.23. The van der Waals surface area contributed by atoms with Gasteiger partial charge in [-0.25, -0.2) is 8.42 Å². The highest BCUT2D eigenvalue weighted by atomic mass is 35.5. The van der Waals surface area contributed by atoms with Gasteiger partial charge in [-0.2, -0.15) is 0 Å². The molecule has 2 aromatic carbocycles. The van der Waals surface area contributed by atoms with Crippen LogP contribution >= 0.6 is 11.6 Å².